The zero-order valence-corrected chi connectivity index (χ0v) is 16.6. The first kappa shape index (κ1) is 25.0. The summed E-state index contributed by atoms with van der Waals surface area (Å²) in [6.45, 7) is -2.32. The van der Waals surface area contributed by atoms with E-state index in [0.717, 1.165) is 18.2 Å². The van der Waals surface area contributed by atoms with E-state index in [2.05, 4.69) is 21.2 Å². The van der Waals surface area contributed by atoms with E-state index in [9.17, 15) is 31.9 Å². The number of carbonyl (C=O) groups is 3. The van der Waals surface area contributed by atoms with Crippen LogP contribution in [0.1, 0.15) is 0 Å². The van der Waals surface area contributed by atoms with Crippen LogP contribution in [-0.4, -0.2) is 60.8 Å². The minimum Gasteiger partial charge on any atom is -0.377 e. The molecule has 0 spiro atoms. The molecule has 1 unspecified atom stereocenters. The van der Waals surface area contributed by atoms with Crippen LogP contribution in [-0.2, 0) is 9.59 Å². The van der Waals surface area contributed by atoms with Crippen molar-refractivity contribution in [3.05, 3.63) is 41.9 Å². The molecule has 1 saturated heterocycles. The highest BCUT2D eigenvalue weighted by Crippen LogP contribution is 2.21. The quantitative estimate of drug-likeness (QED) is 0.115. The molecule has 0 saturated carbocycles. The zero-order valence-electron chi connectivity index (χ0n) is 16.6. The predicted octanol–water partition coefficient (Wildman–Crippen LogP) is 0.623. The van der Waals surface area contributed by atoms with Crippen LogP contribution < -0.4 is 26.7 Å². The second-order valence-electron chi connectivity index (χ2n) is 6.47. The van der Waals surface area contributed by atoms with Gasteiger partial charge in [-0.15, -0.1) is 0 Å². The highest BCUT2D eigenvalue weighted by atomic mass is 19.4. The van der Waals surface area contributed by atoms with E-state index in [1.807, 2.05) is 10.6 Å². The number of hydrazone groups is 1. The van der Waals surface area contributed by atoms with E-state index < -0.39 is 59.9 Å². The fourth-order valence-corrected chi connectivity index (χ4v) is 2.63. The van der Waals surface area contributed by atoms with Crippen LogP contribution in [0.5, 0.6) is 0 Å². The van der Waals surface area contributed by atoms with Gasteiger partial charge in [0.05, 0.1) is 24.1 Å². The Morgan fingerprint density at radius 1 is 1.15 bits per heavy atom. The monoisotopic (exact) mass is 470 g/mol. The SMILES string of the molecule is N=C/C=C(\NCC(F)(F)F)C1(CNC(=O)/C(C=N)=N/Nc2ccc(F)cc2)NC(=O)NC1=O. The maximum Gasteiger partial charge on any atom is 0.405 e. The molecule has 33 heavy (non-hydrogen) atoms. The summed E-state index contributed by atoms with van der Waals surface area (Å²) < 4.78 is 51.0. The number of halogens is 4. The summed E-state index contributed by atoms with van der Waals surface area (Å²) in [4.78, 5) is 36.6. The summed E-state index contributed by atoms with van der Waals surface area (Å²) >= 11 is 0. The fourth-order valence-electron chi connectivity index (χ4n) is 2.63. The number of benzene rings is 1. The van der Waals surface area contributed by atoms with E-state index in [0.29, 0.717) is 12.4 Å². The van der Waals surface area contributed by atoms with Gasteiger partial charge in [0, 0.05) is 6.21 Å². The number of nitrogens with zero attached hydrogens (tertiary/aromatic N) is 1. The van der Waals surface area contributed by atoms with Crippen molar-refractivity contribution in [1.29, 1.82) is 10.8 Å². The lowest BCUT2D eigenvalue weighted by atomic mass is 9.94. The van der Waals surface area contributed by atoms with Crippen molar-refractivity contribution < 1.29 is 31.9 Å². The summed E-state index contributed by atoms with van der Waals surface area (Å²) in [6.07, 6.45) is -2.71. The largest absolute Gasteiger partial charge is 0.405 e. The topological polar surface area (TPSA) is 171 Å². The molecule has 15 heteroatoms. The van der Waals surface area contributed by atoms with Crippen molar-refractivity contribution in [1.82, 2.24) is 21.3 Å². The van der Waals surface area contributed by atoms with Gasteiger partial charge >= 0.3 is 12.2 Å². The molecule has 1 aromatic rings. The molecule has 0 aliphatic carbocycles. The number of hydrogen-bond acceptors (Lipinski definition) is 8. The molecule has 1 atom stereocenters. The van der Waals surface area contributed by atoms with Gasteiger partial charge < -0.3 is 26.8 Å². The van der Waals surface area contributed by atoms with Crippen molar-refractivity contribution in [2.24, 2.45) is 5.10 Å². The summed E-state index contributed by atoms with van der Waals surface area (Å²) in [5, 5.41) is 26.4. The lowest BCUT2D eigenvalue weighted by molar-refractivity contribution is -0.127. The molecule has 0 radical (unpaired) electrons. The van der Waals surface area contributed by atoms with Crippen molar-refractivity contribution in [2.75, 3.05) is 18.5 Å². The Hall–Kier alpha value is -4.30. The molecule has 1 aromatic carbocycles. The number of anilines is 1. The molecule has 11 nitrogen and oxygen atoms in total. The number of amides is 4. The van der Waals surface area contributed by atoms with Crippen LogP contribution in [0.2, 0.25) is 0 Å². The molecule has 1 fully saturated rings. The summed E-state index contributed by atoms with van der Waals surface area (Å²) in [5.41, 5.74) is -0.485. The fraction of sp³-hybridized carbons (Fsp3) is 0.222. The van der Waals surface area contributed by atoms with Crippen molar-refractivity contribution in [3.63, 3.8) is 0 Å². The third kappa shape index (κ3) is 6.59. The van der Waals surface area contributed by atoms with Gasteiger partial charge in [-0.1, -0.05) is 0 Å². The molecule has 1 heterocycles. The van der Waals surface area contributed by atoms with E-state index in [1.54, 1.807) is 0 Å². The van der Waals surface area contributed by atoms with Gasteiger partial charge in [-0.25, -0.2) is 9.18 Å². The van der Waals surface area contributed by atoms with Crippen LogP contribution in [0.4, 0.5) is 28.0 Å². The van der Waals surface area contributed by atoms with Crippen molar-refractivity contribution in [2.45, 2.75) is 11.7 Å². The first-order chi connectivity index (χ1) is 15.5. The standard InChI is InChI=1S/C18H18F4N8O3/c19-10-1-3-11(4-2-10)29-30-12(7-24)14(31)26-8-17(15(32)27-16(33)28-17)13(5-6-23)25-9-18(20,21)22/h1-7,23-25,29H,8-9H2,(H,26,31)(H2,27,28,32,33)/b13-5-,23-6?,24-7?,30-12+. The van der Waals surface area contributed by atoms with Crippen LogP contribution in [0.15, 0.2) is 41.1 Å². The Morgan fingerprint density at radius 2 is 1.82 bits per heavy atom. The van der Waals surface area contributed by atoms with Crippen LogP contribution in [0, 0.1) is 16.6 Å². The Morgan fingerprint density at radius 3 is 2.33 bits per heavy atom. The molecule has 1 aliphatic rings. The third-order valence-corrected chi connectivity index (χ3v) is 4.16. The van der Waals surface area contributed by atoms with Crippen LogP contribution >= 0.6 is 0 Å². The molecular formula is C18H18F4N8O3. The number of imide groups is 1. The van der Waals surface area contributed by atoms with E-state index in [4.69, 9.17) is 10.8 Å². The molecule has 4 amide bonds. The highest BCUT2D eigenvalue weighted by Gasteiger charge is 2.50. The number of nitrogens with one attached hydrogen (secondary N) is 7. The summed E-state index contributed by atoms with van der Waals surface area (Å²) in [7, 11) is 0. The normalized spacial score (nSPS) is 18.8. The Labute approximate surface area is 183 Å². The van der Waals surface area contributed by atoms with Crippen molar-refractivity contribution in [3.8, 4) is 0 Å². The number of urea groups is 1. The summed E-state index contributed by atoms with van der Waals surface area (Å²) in [5.74, 6) is -2.60. The van der Waals surface area contributed by atoms with Crippen molar-refractivity contribution >= 4 is 41.7 Å². The maximum atomic E-state index is 13.0. The highest BCUT2D eigenvalue weighted by molar-refractivity contribution is 6.60. The summed E-state index contributed by atoms with van der Waals surface area (Å²) in [6, 6.07) is 3.84. The van der Waals surface area contributed by atoms with E-state index in [-0.39, 0.29) is 5.69 Å². The van der Waals surface area contributed by atoms with Gasteiger partial charge in [0.15, 0.2) is 11.3 Å². The van der Waals surface area contributed by atoms with Crippen LogP contribution in [0.25, 0.3) is 0 Å². The average molecular weight is 470 g/mol. The molecule has 176 valence electrons. The minimum atomic E-state index is -4.68. The molecule has 0 bridgehead atoms. The van der Waals surface area contributed by atoms with Gasteiger partial charge in [0.25, 0.3) is 11.8 Å². The van der Waals surface area contributed by atoms with Gasteiger partial charge in [-0.2, -0.15) is 18.3 Å². The third-order valence-electron chi connectivity index (χ3n) is 4.16. The average Bonchev–Trinajstić information content (AvgIpc) is 3.04. The number of alkyl halides is 3. The Kier molecular flexibility index (Phi) is 7.82. The molecular weight excluding hydrogens is 452 g/mol. The maximum absolute atomic E-state index is 13.0. The Bertz CT molecular complexity index is 1010. The minimum absolute atomic E-state index is 0.287. The van der Waals surface area contributed by atoms with E-state index in [1.165, 1.54) is 12.1 Å². The van der Waals surface area contributed by atoms with Gasteiger partial charge in [-0.05, 0) is 30.3 Å². The second-order valence-corrected chi connectivity index (χ2v) is 6.47. The first-order valence-corrected chi connectivity index (χ1v) is 9.04. The number of carbonyl (C=O) groups excluding carboxylic acids is 3. The van der Waals surface area contributed by atoms with E-state index >= 15 is 0 Å². The van der Waals surface area contributed by atoms with Gasteiger partial charge in [-0.3, -0.25) is 20.3 Å². The Balaban J connectivity index is 2.22. The van der Waals surface area contributed by atoms with Gasteiger partial charge in [0.2, 0.25) is 0 Å². The second kappa shape index (κ2) is 10.3. The zero-order chi connectivity index (χ0) is 24.6. The first-order valence-electron chi connectivity index (χ1n) is 9.04. The van der Waals surface area contributed by atoms with Gasteiger partial charge in [0.1, 0.15) is 12.4 Å². The molecule has 7 N–H and O–H groups in total. The number of hydrogen-bond donors (Lipinski definition) is 7. The predicted molar refractivity (Wildman–Crippen MR) is 110 cm³/mol. The van der Waals surface area contributed by atoms with Crippen LogP contribution in [0.3, 0.4) is 0 Å². The lowest BCUT2D eigenvalue weighted by Crippen LogP contribution is -2.60. The number of allylic oxidation sites excluding steroid dienone is 1. The lowest BCUT2D eigenvalue weighted by Gasteiger charge is -2.30. The molecule has 2 rings (SSSR count). The number of rotatable bonds is 10. The molecule has 0 aromatic heterocycles. The smallest absolute Gasteiger partial charge is 0.377 e. The molecule has 1 aliphatic heterocycles.